The molecule has 4 nitrogen and oxygen atoms in total. The van der Waals surface area contributed by atoms with Crippen molar-refractivity contribution in [2.45, 2.75) is 4.90 Å². The molecule has 0 unspecified atom stereocenters. The number of nitrogen functional groups attached to an aromatic ring is 1. The lowest BCUT2D eigenvalue weighted by Gasteiger charge is -2.12. The fraction of sp³-hybridized carbons (Fsp3) is 0. The van der Waals surface area contributed by atoms with Gasteiger partial charge in [-0.05, 0) is 46.3 Å². The number of nitrogens with two attached hydrogens (primary N) is 1. The first-order chi connectivity index (χ1) is 9.70. The van der Waals surface area contributed by atoms with E-state index in [1.54, 1.807) is 0 Å². The smallest absolute Gasteiger partial charge is 0.263 e. The number of sulfonamides is 1. The van der Waals surface area contributed by atoms with Gasteiger partial charge in [0.05, 0.1) is 16.4 Å². The van der Waals surface area contributed by atoms with Gasteiger partial charge in [-0.2, -0.15) is 0 Å². The molecule has 21 heavy (non-hydrogen) atoms. The molecule has 0 heterocycles. The number of halogens is 4. The Morgan fingerprint density at radius 2 is 1.86 bits per heavy atom. The predicted octanol–water partition coefficient (Wildman–Crippen LogP) is 4.28. The SMILES string of the molecule is Nc1cc(S(=O)(=O)Nc2ccc(Cl)cc2Br)c(Cl)cc1F. The number of nitrogens with one attached hydrogen (secondary N) is 1. The van der Waals surface area contributed by atoms with Crippen molar-refractivity contribution in [2.75, 3.05) is 10.5 Å². The van der Waals surface area contributed by atoms with Crippen molar-refractivity contribution in [3.8, 4) is 0 Å². The van der Waals surface area contributed by atoms with E-state index in [2.05, 4.69) is 20.7 Å². The maximum Gasteiger partial charge on any atom is 0.263 e. The van der Waals surface area contributed by atoms with Crippen molar-refractivity contribution >= 4 is 60.5 Å². The Morgan fingerprint density at radius 3 is 2.48 bits per heavy atom. The van der Waals surface area contributed by atoms with E-state index in [-0.39, 0.29) is 21.3 Å². The number of rotatable bonds is 3. The molecule has 2 aromatic rings. The molecule has 2 aromatic carbocycles. The van der Waals surface area contributed by atoms with Crippen LogP contribution >= 0.6 is 39.1 Å². The molecule has 0 aliphatic carbocycles. The van der Waals surface area contributed by atoms with Gasteiger partial charge < -0.3 is 5.73 Å². The highest BCUT2D eigenvalue weighted by Gasteiger charge is 2.21. The second-order valence-electron chi connectivity index (χ2n) is 4.03. The second-order valence-corrected chi connectivity index (χ2v) is 7.38. The maximum absolute atomic E-state index is 13.2. The van der Waals surface area contributed by atoms with Crippen LogP contribution in [0.4, 0.5) is 15.8 Å². The van der Waals surface area contributed by atoms with Crippen LogP contribution in [0, 0.1) is 5.82 Å². The third kappa shape index (κ3) is 3.60. The summed E-state index contributed by atoms with van der Waals surface area (Å²) >= 11 is 14.7. The van der Waals surface area contributed by atoms with Gasteiger partial charge in [-0.3, -0.25) is 4.72 Å². The van der Waals surface area contributed by atoms with Crippen molar-refractivity contribution < 1.29 is 12.8 Å². The molecule has 0 aliphatic rings. The Hall–Kier alpha value is -1.02. The van der Waals surface area contributed by atoms with E-state index in [0.717, 1.165) is 12.1 Å². The molecule has 0 saturated carbocycles. The summed E-state index contributed by atoms with van der Waals surface area (Å²) in [5, 5.41) is 0.174. The van der Waals surface area contributed by atoms with Crippen LogP contribution in [0.3, 0.4) is 0 Å². The van der Waals surface area contributed by atoms with Crippen molar-refractivity contribution in [1.82, 2.24) is 0 Å². The normalized spacial score (nSPS) is 11.4. The minimum atomic E-state index is -4.02. The van der Waals surface area contributed by atoms with Gasteiger partial charge in [-0.25, -0.2) is 12.8 Å². The third-order valence-electron chi connectivity index (χ3n) is 2.52. The monoisotopic (exact) mass is 412 g/mol. The zero-order chi connectivity index (χ0) is 15.8. The molecule has 3 N–H and O–H groups in total. The third-order valence-corrected chi connectivity index (χ3v) is 5.24. The quantitative estimate of drug-likeness (QED) is 0.737. The summed E-state index contributed by atoms with van der Waals surface area (Å²) in [6.07, 6.45) is 0. The van der Waals surface area contributed by atoms with Crippen molar-refractivity contribution in [1.29, 1.82) is 0 Å². The van der Waals surface area contributed by atoms with Crippen molar-refractivity contribution in [3.63, 3.8) is 0 Å². The molecule has 0 atom stereocenters. The van der Waals surface area contributed by atoms with Crippen LogP contribution in [0.15, 0.2) is 39.7 Å². The Balaban J connectivity index is 2.46. The lowest BCUT2D eigenvalue weighted by atomic mass is 10.3. The summed E-state index contributed by atoms with van der Waals surface area (Å²) in [7, 11) is -4.02. The molecule has 0 amide bonds. The zero-order valence-electron chi connectivity index (χ0n) is 10.2. The highest BCUT2D eigenvalue weighted by Crippen LogP contribution is 2.31. The summed E-state index contributed by atoms with van der Waals surface area (Å²) in [6.45, 7) is 0. The van der Waals surface area contributed by atoms with Gasteiger partial charge in [0.25, 0.3) is 10.0 Å². The van der Waals surface area contributed by atoms with Crippen LogP contribution in [0.2, 0.25) is 10.0 Å². The molecule has 0 aliphatic heterocycles. The van der Waals surface area contributed by atoms with E-state index in [1.807, 2.05) is 0 Å². The van der Waals surface area contributed by atoms with Gasteiger partial charge in [0.2, 0.25) is 0 Å². The van der Waals surface area contributed by atoms with E-state index in [1.165, 1.54) is 18.2 Å². The molecular weight excluding hydrogens is 406 g/mol. The Labute approximate surface area is 139 Å². The van der Waals surface area contributed by atoms with Crippen molar-refractivity contribution in [3.05, 3.63) is 50.7 Å². The van der Waals surface area contributed by atoms with Crippen LogP contribution in [-0.4, -0.2) is 8.42 Å². The first kappa shape index (κ1) is 16.4. The van der Waals surface area contributed by atoms with E-state index >= 15 is 0 Å². The highest BCUT2D eigenvalue weighted by molar-refractivity contribution is 9.10. The van der Waals surface area contributed by atoms with Gasteiger partial charge in [0, 0.05) is 9.50 Å². The van der Waals surface area contributed by atoms with Gasteiger partial charge >= 0.3 is 0 Å². The number of hydrogen-bond donors (Lipinski definition) is 2. The maximum atomic E-state index is 13.2. The summed E-state index contributed by atoms with van der Waals surface area (Å²) in [5.74, 6) is -0.786. The molecule has 0 bridgehead atoms. The molecule has 2 rings (SSSR count). The average molecular weight is 414 g/mol. The van der Waals surface area contributed by atoms with Crippen LogP contribution in [0.25, 0.3) is 0 Å². The molecule has 0 radical (unpaired) electrons. The number of benzene rings is 2. The first-order valence-electron chi connectivity index (χ1n) is 5.43. The van der Waals surface area contributed by atoms with Gasteiger partial charge in [-0.15, -0.1) is 0 Å². The molecule has 0 spiro atoms. The highest BCUT2D eigenvalue weighted by atomic mass is 79.9. The molecule has 0 fully saturated rings. The number of anilines is 2. The van der Waals surface area contributed by atoms with Crippen LogP contribution in [-0.2, 0) is 10.0 Å². The second kappa shape index (κ2) is 6.00. The summed E-state index contributed by atoms with van der Waals surface area (Å²) in [4.78, 5) is -0.315. The summed E-state index contributed by atoms with van der Waals surface area (Å²) in [6, 6.07) is 6.34. The summed E-state index contributed by atoms with van der Waals surface area (Å²) in [5.41, 5.74) is 5.33. The zero-order valence-corrected chi connectivity index (χ0v) is 14.1. The molecule has 0 aromatic heterocycles. The largest absolute Gasteiger partial charge is 0.396 e. The van der Waals surface area contributed by atoms with Crippen LogP contribution in [0.5, 0.6) is 0 Å². The molecule has 112 valence electrons. The fourth-order valence-corrected chi connectivity index (χ4v) is 4.07. The van der Waals surface area contributed by atoms with E-state index in [4.69, 9.17) is 28.9 Å². The number of hydrogen-bond acceptors (Lipinski definition) is 3. The average Bonchev–Trinajstić information content (AvgIpc) is 2.37. The Bertz CT molecular complexity index is 815. The van der Waals surface area contributed by atoms with E-state index in [0.29, 0.717) is 9.50 Å². The molecule has 9 heteroatoms. The summed E-state index contributed by atoms with van der Waals surface area (Å²) < 4.78 is 40.6. The molecular formula is C12H8BrCl2FN2O2S. The van der Waals surface area contributed by atoms with E-state index < -0.39 is 15.8 Å². The molecule has 0 saturated heterocycles. The minimum Gasteiger partial charge on any atom is -0.396 e. The van der Waals surface area contributed by atoms with Gasteiger partial charge in [-0.1, -0.05) is 23.2 Å². The Morgan fingerprint density at radius 1 is 1.19 bits per heavy atom. The fourth-order valence-electron chi connectivity index (χ4n) is 1.52. The van der Waals surface area contributed by atoms with Gasteiger partial charge in [0.15, 0.2) is 0 Å². The minimum absolute atomic E-state index is 0.262. The van der Waals surface area contributed by atoms with E-state index in [9.17, 15) is 12.8 Å². The van der Waals surface area contributed by atoms with Gasteiger partial charge in [0.1, 0.15) is 10.7 Å². The topological polar surface area (TPSA) is 72.2 Å². The lowest BCUT2D eigenvalue weighted by Crippen LogP contribution is -2.14. The lowest BCUT2D eigenvalue weighted by molar-refractivity contribution is 0.600. The first-order valence-corrected chi connectivity index (χ1v) is 8.46. The van der Waals surface area contributed by atoms with Crippen LogP contribution in [0.1, 0.15) is 0 Å². The standard InChI is InChI=1S/C12H8BrCl2FN2O2S/c13-7-3-6(14)1-2-11(7)18-21(19,20)12-5-10(17)9(16)4-8(12)15/h1-5,18H,17H2. The van der Waals surface area contributed by atoms with Crippen molar-refractivity contribution in [2.24, 2.45) is 0 Å². The van der Waals surface area contributed by atoms with Crippen LogP contribution < -0.4 is 10.5 Å². The predicted molar refractivity (Wildman–Crippen MR) is 85.8 cm³/mol. The Kier molecular flexibility index (Phi) is 4.67.